The SMILES string of the molecule is OB(O)c1cc(-n2c3ccccc3c3ccccc32)cc2c1oc1ccccc12. The molecule has 138 valence electrons. The Morgan fingerprint density at radius 3 is 1.90 bits per heavy atom. The first-order chi connectivity index (χ1) is 14.2. The van der Waals surface area contributed by atoms with Crippen molar-refractivity contribution in [3.63, 3.8) is 0 Å². The van der Waals surface area contributed by atoms with E-state index in [0.29, 0.717) is 11.0 Å². The molecule has 2 N–H and O–H groups in total. The van der Waals surface area contributed by atoms with Crippen molar-refractivity contribution in [3.05, 3.63) is 84.9 Å². The van der Waals surface area contributed by atoms with Gasteiger partial charge in [-0.1, -0.05) is 54.6 Å². The third-order valence-corrected chi connectivity index (χ3v) is 5.61. The second-order valence-corrected chi connectivity index (χ2v) is 7.25. The number of aromatic nitrogens is 1. The second kappa shape index (κ2) is 5.98. The summed E-state index contributed by atoms with van der Waals surface area (Å²) in [6, 6.07) is 28.1. The summed E-state index contributed by atoms with van der Waals surface area (Å²) in [5.41, 5.74) is 4.59. The van der Waals surface area contributed by atoms with Crippen LogP contribution in [0, 0.1) is 0 Å². The number of hydrogen-bond donors (Lipinski definition) is 2. The Hall–Kier alpha value is -3.54. The highest BCUT2D eigenvalue weighted by atomic mass is 16.4. The number of furan rings is 1. The fourth-order valence-corrected chi connectivity index (χ4v) is 4.36. The summed E-state index contributed by atoms with van der Waals surface area (Å²) < 4.78 is 8.13. The van der Waals surface area contributed by atoms with Gasteiger partial charge in [-0.05, 0) is 30.3 Å². The van der Waals surface area contributed by atoms with Gasteiger partial charge in [0.2, 0.25) is 0 Å². The highest BCUT2D eigenvalue weighted by Crippen LogP contribution is 2.34. The smallest absolute Gasteiger partial charge is 0.456 e. The van der Waals surface area contributed by atoms with Crippen molar-refractivity contribution in [2.75, 3.05) is 0 Å². The van der Waals surface area contributed by atoms with E-state index in [9.17, 15) is 10.0 Å². The van der Waals surface area contributed by atoms with Crippen LogP contribution >= 0.6 is 0 Å². The molecule has 0 amide bonds. The standard InChI is InChI=1S/C24H16BNO3/c27-25(28)20-14-15(13-19-18-9-3-6-12-23(18)29-24(19)20)26-21-10-4-1-7-16(21)17-8-2-5-11-22(17)26/h1-14,27-28H. The molecule has 0 spiro atoms. The number of nitrogens with zero attached hydrogens (tertiary/aromatic N) is 1. The monoisotopic (exact) mass is 377 g/mol. The summed E-state index contributed by atoms with van der Waals surface area (Å²) >= 11 is 0. The first kappa shape index (κ1) is 16.4. The number of para-hydroxylation sites is 3. The molecular weight excluding hydrogens is 361 g/mol. The maximum atomic E-state index is 10.1. The lowest BCUT2D eigenvalue weighted by atomic mass is 9.79. The highest BCUT2D eigenvalue weighted by Gasteiger charge is 2.22. The molecule has 0 saturated carbocycles. The zero-order chi connectivity index (χ0) is 19.5. The van der Waals surface area contributed by atoms with Crippen LogP contribution in [-0.2, 0) is 0 Å². The van der Waals surface area contributed by atoms with Crippen LogP contribution in [0.3, 0.4) is 0 Å². The molecule has 0 fully saturated rings. The van der Waals surface area contributed by atoms with Crippen LogP contribution in [0.1, 0.15) is 0 Å². The van der Waals surface area contributed by atoms with Gasteiger partial charge in [0.25, 0.3) is 0 Å². The summed E-state index contributed by atoms with van der Waals surface area (Å²) in [5, 5.41) is 24.3. The van der Waals surface area contributed by atoms with E-state index < -0.39 is 7.12 Å². The van der Waals surface area contributed by atoms with Crippen molar-refractivity contribution in [2.24, 2.45) is 0 Å². The van der Waals surface area contributed by atoms with Crippen LogP contribution in [0.5, 0.6) is 0 Å². The quantitative estimate of drug-likeness (QED) is 0.441. The van der Waals surface area contributed by atoms with Crippen LogP contribution < -0.4 is 5.46 Å². The minimum Gasteiger partial charge on any atom is -0.456 e. The summed E-state index contributed by atoms with van der Waals surface area (Å²) in [4.78, 5) is 0. The summed E-state index contributed by atoms with van der Waals surface area (Å²) in [7, 11) is -1.63. The van der Waals surface area contributed by atoms with Gasteiger partial charge in [0.1, 0.15) is 11.2 Å². The van der Waals surface area contributed by atoms with Gasteiger partial charge in [0, 0.05) is 32.7 Å². The Bertz CT molecular complexity index is 1490. The van der Waals surface area contributed by atoms with Gasteiger partial charge in [-0.15, -0.1) is 0 Å². The Morgan fingerprint density at radius 1 is 0.655 bits per heavy atom. The van der Waals surface area contributed by atoms with Crippen molar-refractivity contribution in [1.29, 1.82) is 0 Å². The van der Waals surface area contributed by atoms with Crippen LogP contribution in [0.25, 0.3) is 49.4 Å². The molecule has 0 saturated heterocycles. The van der Waals surface area contributed by atoms with E-state index in [2.05, 4.69) is 34.9 Å². The molecule has 4 nitrogen and oxygen atoms in total. The fourth-order valence-electron chi connectivity index (χ4n) is 4.36. The largest absolute Gasteiger partial charge is 0.492 e. The lowest BCUT2D eigenvalue weighted by Gasteiger charge is -2.11. The van der Waals surface area contributed by atoms with Gasteiger partial charge in [-0.25, -0.2) is 0 Å². The maximum Gasteiger partial charge on any atom is 0.492 e. The van der Waals surface area contributed by atoms with E-state index in [0.717, 1.165) is 43.8 Å². The van der Waals surface area contributed by atoms with E-state index in [1.165, 1.54) is 0 Å². The lowest BCUT2D eigenvalue weighted by Crippen LogP contribution is -2.30. The van der Waals surface area contributed by atoms with Crippen LogP contribution in [0.2, 0.25) is 0 Å². The highest BCUT2D eigenvalue weighted by molar-refractivity contribution is 6.62. The zero-order valence-corrected chi connectivity index (χ0v) is 15.4. The van der Waals surface area contributed by atoms with Gasteiger partial charge in [0.05, 0.1) is 11.0 Å². The maximum absolute atomic E-state index is 10.1. The number of benzene rings is 4. The molecule has 0 aliphatic heterocycles. The molecule has 2 heterocycles. The normalized spacial score (nSPS) is 11.8. The molecule has 5 heteroatoms. The number of hydrogen-bond acceptors (Lipinski definition) is 3. The van der Waals surface area contributed by atoms with Gasteiger partial charge in [-0.3, -0.25) is 0 Å². The summed E-state index contributed by atoms with van der Waals surface area (Å²) in [6.45, 7) is 0. The Labute approximate surface area is 166 Å². The Balaban J connectivity index is 1.79. The number of rotatable bonds is 2. The molecule has 2 aromatic heterocycles. The summed E-state index contributed by atoms with van der Waals surface area (Å²) in [5.74, 6) is 0. The van der Waals surface area contributed by atoms with Gasteiger partial charge in [-0.2, -0.15) is 0 Å². The molecule has 4 aromatic carbocycles. The van der Waals surface area contributed by atoms with E-state index in [1.54, 1.807) is 6.07 Å². The average Bonchev–Trinajstić information content (AvgIpc) is 3.29. The van der Waals surface area contributed by atoms with Crippen molar-refractivity contribution in [2.45, 2.75) is 0 Å². The molecule has 0 bridgehead atoms. The molecule has 6 aromatic rings. The molecular formula is C24H16BNO3. The average molecular weight is 377 g/mol. The van der Waals surface area contributed by atoms with Crippen LogP contribution in [0.4, 0.5) is 0 Å². The topological polar surface area (TPSA) is 58.5 Å². The van der Waals surface area contributed by atoms with E-state index >= 15 is 0 Å². The first-order valence-corrected chi connectivity index (χ1v) is 9.52. The van der Waals surface area contributed by atoms with Crippen molar-refractivity contribution >= 4 is 56.3 Å². The minimum atomic E-state index is -1.63. The van der Waals surface area contributed by atoms with Gasteiger partial charge >= 0.3 is 7.12 Å². The van der Waals surface area contributed by atoms with Crippen molar-refractivity contribution in [3.8, 4) is 5.69 Å². The molecule has 0 unspecified atom stereocenters. The molecule has 0 aliphatic carbocycles. The zero-order valence-electron chi connectivity index (χ0n) is 15.4. The molecule has 0 aliphatic rings. The summed E-state index contributed by atoms with van der Waals surface area (Å²) in [6.07, 6.45) is 0. The van der Waals surface area contributed by atoms with Gasteiger partial charge < -0.3 is 19.0 Å². The molecule has 6 rings (SSSR count). The minimum absolute atomic E-state index is 0.357. The van der Waals surface area contributed by atoms with Crippen molar-refractivity contribution in [1.82, 2.24) is 4.57 Å². The van der Waals surface area contributed by atoms with Crippen molar-refractivity contribution < 1.29 is 14.5 Å². The van der Waals surface area contributed by atoms with E-state index in [-0.39, 0.29) is 0 Å². The lowest BCUT2D eigenvalue weighted by molar-refractivity contribution is 0.425. The van der Waals surface area contributed by atoms with E-state index in [4.69, 9.17) is 4.42 Å². The Kier molecular flexibility index (Phi) is 3.39. The van der Waals surface area contributed by atoms with Crippen LogP contribution in [0.15, 0.2) is 89.3 Å². The van der Waals surface area contributed by atoms with Gasteiger partial charge in [0.15, 0.2) is 0 Å². The van der Waals surface area contributed by atoms with Crippen LogP contribution in [-0.4, -0.2) is 21.7 Å². The third kappa shape index (κ3) is 2.29. The fraction of sp³-hybridized carbons (Fsp3) is 0. The Morgan fingerprint density at radius 2 is 1.24 bits per heavy atom. The first-order valence-electron chi connectivity index (χ1n) is 9.52. The predicted molar refractivity (Wildman–Crippen MR) is 118 cm³/mol. The molecule has 29 heavy (non-hydrogen) atoms. The molecule has 0 atom stereocenters. The van der Waals surface area contributed by atoms with E-state index in [1.807, 2.05) is 48.5 Å². The number of fused-ring (bicyclic) bond motifs is 6. The molecule has 0 radical (unpaired) electrons. The predicted octanol–water partition coefficient (Wildman–Crippen LogP) is 4.36. The third-order valence-electron chi connectivity index (χ3n) is 5.61. The second-order valence-electron chi connectivity index (χ2n) is 7.25.